The van der Waals surface area contributed by atoms with Crippen molar-refractivity contribution < 1.29 is 4.55 Å². The smallest absolute Gasteiger partial charge is 0.151 e. The van der Waals surface area contributed by atoms with Crippen molar-refractivity contribution in [2.24, 2.45) is 0 Å². The molecular formula is C15H22BrN3OS. The second-order valence-corrected chi connectivity index (χ2v) is 8.72. The lowest BCUT2D eigenvalue weighted by Gasteiger charge is -2.28. The molecule has 0 saturated heterocycles. The van der Waals surface area contributed by atoms with E-state index in [9.17, 15) is 4.55 Å². The molecule has 0 radical (unpaired) electrons. The lowest BCUT2D eigenvalue weighted by Crippen LogP contribution is -2.42. The minimum atomic E-state index is -1.10. The van der Waals surface area contributed by atoms with Gasteiger partial charge in [0, 0.05) is 23.8 Å². The number of aryl methyl sites for hydroxylation is 1. The normalized spacial score (nSPS) is 15.4. The van der Waals surface area contributed by atoms with Gasteiger partial charge in [0.1, 0.15) is 4.75 Å². The van der Waals surface area contributed by atoms with Gasteiger partial charge < -0.3 is 8.95 Å². The third-order valence-electron chi connectivity index (χ3n) is 3.74. The lowest BCUT2D eigenvalue weighted by molar-refractivity contribution is 0.511. The molecule has 0 aliphatic heterocycles. The summed E-state index contributed by atoms with van der Waals surface area (Å²) < 4.78 is 18.3. The molecule has 116 valence electrons. The van der Waals surface area contributed by atoms with Gasteiger partial charge in [-0.25, -0.2) is 4.98 Å². The predicted molar refractivity (Wildman–Crippen MR) is 91.7 cm³/mol. The Balaban J connectivity index is 2.24. The van der Waals surface area contributed by atoms with Gasteiger partial charge in [0.05, 0.1) is 16.2 Å². The van der Waals surface area contributed by atoms with Crippen LogP contribution < -0.4 is 4.72 Å². The van der Waals surface area contributed by atoms with Gasteiger partial charge in [0.15, 0.2) is 5.65 Å². The molecular weight excluding hydrogens is 350 g/mol. The minimum Gasteiger partial charge on any atom is -0.598 e. The summed E-state index contributed by atoms with van der Waals surface area (Å²) >= 11 is 2.44. The van der Waals surface area contributed by atoms with E-state index in [1.165, 1.54) is 0 Å². The number of hydrogen-bond donors (Lipinski definition) is 1. The second-order valence-electron chi connectivity index (χ2n) is 5.98. The van der Waals surface area contributed by atoms with Crippen LogP contribution >= 0.6 is 15.9 Å². The fourth-order valence-electron chi connectivity index (χ4n) is 1.93. The molecule has 0 amide bonds. The van der Waals surface area contributed by atoms with Crippen LogP contribution in [-0.2, 0) is 11.4 Å². The summed E-state index contributed by atoms with van der Waals surface area (Å²) in [5, 5.41) is 0. The maximum absolute atomic E-state index is 12.4. The van der Waals surface area contributed by atoms with Gasteiger partial charge in [-0.15, -0.1) is 4.72 Å². The molecule has 1 unspecified atom stereocenters. The number of rotatable bonds is 5. The van der Waals surface area contributed by atoms with Crippen LogP contribution in [0.25, 0.3) is 5.65 Å². The van der Waals surface area contributed by atoms with Crippen LogP contribution in [0.1, 0.15) is 51.4 Å². The molecule has 0 bridgehead atoms. The highest BCUT2D eigenvalue weighted by molar-refractivity contribution is 9.10. The van der Waals surface area contributed by atoms with Crippen molar-refractivity contribution in [3.63, 3.8) is 0 Å². The second kappa shape index (κ2) is 6.28. The number of aromatic nitrogens is 2. The van der Waals surface area contributed by atoms with Crippen molar-refractivity contribution in [3.05, 3.63) is 34.2 Å². The van der Waals surface area contributed by atoms with Gasteiger partial charge >= 0.3 is 0 Å². The van der Waals surface area contributed by atoms with Crippen LogP contribution in [0.4, 0.5) is 0 Å². The first kappa shape index (κ1) is 16.8. The fourth-order valence-corrected chi connectivity index (χ4v) is 3.61. The maximum atomic E-state index is 12.4. The number of imidazole rings is 1. The summed E-state index contributed by atoms with van der Waals surface area (Å²) in [6.45, 7) is 10.1. The van der Waals surface area contributed by atoms with E-state index < -0.39 is 11.4 Å². The average molecular weight is 372 g/mol. The third kappa shape index (κ3) is 3.62. The standard InChI is InChI=1S/C15H22BrN3OS/c1-6-15(4,5)21(20)18-11(3)13-9-19-8-10(2)7-12(16)14(19)17-13/h7-9,11,18H,6H2,1-5H3/t11-,21?/m1/s1. The van der Waals surface area contributed by atoms with Gasteiger partial charge in [0.2, 0.25) is 0 Å². The van der Waals surface area contributed by atoms with Crippen LogP contribution in [0.2, 0.25) is 0 Å². The van der Waals surface area contributed by atoms with Crippen molar-refractivity contribution in [1.29, 1.82) is 0 Å². The zero-order chi connectivity index (χ0) is 15.8. The van der Waals surface area contributed by atoms with E-state index in [0.29, 0.717) is 0 Å². The van der Waals surface area contributed by atoms with E-state index in [1.54, 1.807) is 0 Å². The van der Waals surface area contributed by atoms with Crippen LogP contribution in [0, 0.1) is 6.92 Å². The molecule has 2 aromatic rings. The number of pyridine rings is 1. The molecule has 2 heterocycles. The van der Waals surface area contributed by atoms with Gasteiger partial charge in [-0.2, -0.15) is 0 Å². The number of nitrogens with zero attached hydrogens (tertiary/aromatic N) is 2. The van der Waals surface area contributed by atoms with E-state index in [2.05, 4.69) is 32.6 Å². The monoisotopic (exact) mass is 371 g/mol. The SMILES string of the molecule is CCC(C)(C)[S+]([O-])N[C@H](C)c1cn2cc(C)cc(Br)c2n1. The van der Waals surface area contributed by atoms with Crippen molar-refractivity contribution in [1.82, 2.24) is 14.1 Å². The molecule has 0 saturated carbocycles. The maximum Gasteiger partial charge on any atom is 0.151 e. The summed E-state index contributed by atoms with van der Waals surface area (Å²) in [6, 6.07) is 1.98. The molecule has 4 nitrogen and oxygen atoms in total. The molecule has 6 heteroatoms. The van der Waals surface area contributed by atoms with Crippen molar-refractivity contribution in [2.75, 3.05) is 0 Å². The van der Waals surface area contributed by atoms with Crippen LogP contribution in [0.5, 0.6) is 0 Å². The topological polar surface area (TPSA) is 52.4 Å². The van der Waals surface area contributed by atoms with E-state index in [0.717, 1.165) is 27.8 Å². The molecule has 21 heavy (non-hydrogen) atoms. The zero-order valence-corrected chi connectivity index (χ0v) is 15.5. The molecule has 2 aromatic heterocycles. The quantitative estimate of drug-likeness (QED) is 0.810. The van der Waals surface area contributed by atoms with Crippen molar-refractivity contribution in [2.45, 2.75) is 51.8 Å². The Bertz CT molecular complexity index is 641. The minimum absolute atomic E-state index is 0.0660. The largest absolute Gasteiger partial charge is 0.598 e. The predicted octanol–water partition coefficient (Wildman–Crippen LogP) is 3.91. The number of halogens is 1. The summed E-state index contributed by atoms with van der Waals surface area (Å²) in [4.78, 5) is 4.63. The summed E-state index contributed by atoms with van der Waals surface area (Å²) in [7, 11) is 0. The first-order valence-electron chi connectivity index (χ1n) is 7.07. The van der Waals surface area contributed by atoms with Crippen molar-refractivity contribution in [3.8, 4) is 0 Å². The first-order chi connectivity index (χ1) is 9.74. The highest BCUT2D eigenvalue weighted by Gasteiger charge is 2.32. The van der Waals surface area contributed by atoms with E-state index in [-0.39, 0.29) is 10.8 Å². The zero-order valence-electron chi connectivity index (χ0n) is 13.1. The highest BCUT2D eigenvalue weighted by atomic mass is 79.9. The summed E-state index contributed by atoms with van der Waals surface area (Å²) in [6.07, 6.45) is 4.88. The Morgan fingerprint density at radius 1 is 1.48 bits per heavy atom. The first-order valence-corrected chi connectivity index (χ1v) is 9.01. The van der Waals surface area contributed by atoms with Gasteiger partial charge in [0.25, 0.3) is 0 Å². The molecule has 0 aliphatic carbocycles. The van der Waals surface area contributed by atoms with Gasteiger partial charge in [-0.05, 0) is 61.7 Å². The molecule has 2 atom stereocenters. The van der Waals surface area contributed by atoms with Crippen LogP contribution in [0.15, 0.2) is 22.9 Å². The Kier molecular flexibility index (Phi) is 5.03. The average Bonchev–Trinajstić information content (AvgIpc) is 2.82. The number of hydrogen-bond acceptors (Lipinski definition) is 3. The van der Waals surface area contributed by atoms with Crippen LogP contribution in [0.3, 0.4) is 0 Å². The molecule has 0 spiro atoms. The number of fused-ring (bicyclic) bond motifs is 1. The molecule has 1 N–H and O–H groups in total. The van der Waals surface area contributed by atoms with E-state index in [4.69, 9.17) is 0 Å². The molecule has 2 rings (SSSR count). The molecule has 0 aliphatic rings. The third-order valence-corrected chi connectivity index (χ3v) is 6.19. The summed E-state index contributed by atoms with van der Waals surface area (Å²) in [5.74, 6) is 0. The Morgan fingerprint density at radius 3 is 2.76 bits per heavy atom. The van der Waals surface area contributed by atoms with E-state index >= 15 is 0 Å². The number of nitrogens with one attached hydrogen (secondary N) is 1. The Morgan fingerprint density at radius 2 is 2.14 bits per heavy atom. The van der Waals surface area contributed by atoms with Gasteiger partial charge in [-0.1, -0.05) is 6.92 Å². The van der Waals surface area contributed by atoms with Gasteiger partial charge in [-0.3, -0.25) is 0 Å². The highest BCUT2D eigenvalue weighted by Crippen LogP contribution is 2.25. The fraction of sp³-hybridized carbons (Fsp3) is 0.533. The van der Waals surface area contributed by atoms with E-state index in [1.807, 2.05) is 50.6 Å². The van der Waals surface area contributed by atoms with Crippen molar-refractivity contribution >= 4 is 32.9 Å². The molecule has 0 fully saturated rings. The lowest BCUT2D eigenvalue weighted by atomic mass is 10.1. The molecule has 0 aromatic carbocycles. The Hall–Kier alpha value is -0.560. The summed E-state index contributed by atoms with van der Waals surface area (Å²) in [5.41, 5.74) is 2.93. The van der Waals surface area contributed by atoms with Crippen LogP contribution in [-0.4, -0.2) is 18.7 Å². The Labute approximate surface area is 137 Å².